The van der Waals surface area contributed by atoms with Crippen molar-refractivity contribution in [3.05, 3.63) is 16.0 Å². The van der Waals surface area contributed by atoms with E-state index in [-0.39, 0.29) is 17.8 Å². The number of ether oxygens (including phenoxy) is 1. The summed E-state index contributed by atoms with van der Waals surface area (Å²) < 4.78 is 6.32. The lowest BCUT2D eigenvalue weighted by Crippen LogP contribution is -2.18. The van der Waals surface area contributed by atoms with Crippen molar-refractivity contribution in [3.63, 3.8) is 0 Å². The number of thioether (sulfide) groups is 1. The molecule has 2 aliphatic rings. The molecule has 1 atom stereocenters. The molecule has 0 aromatic carbocycles. The van der Waals surface area contributed by atoms with Gasteiger partial charge in [-0.2, -0.15) is 5.26 Å². The molecule has 0 radical (unpaired) electrons. The molecule has 1 fully saturated rings. The second-order valence-electron chi connectivity index (χ2n) is 6.40. The minimum Gasteiger partial charge on any atom is -0.376 e. The van der Waals surface area contributed by atoms with E-state index in [0.717, 1.165) is 60.3 Å². The predicted molar refractivity (Wildman–Crippen MR) is 108 cm³/mol. The van der Waals surface area contributed by atoms with Gasteiger partial charge in [-0.3, -0.25) is 4.79 Å². The maximum Gasteiger partial charge on any atom is 0.235 e. The molecule has 0 spiro atoms. The first-order valence-electron chi connectivity index (χ1n) is 8.89. The minimum atomic E-state index is -0.125. The lowest BCUT2D eigenvalue weighted by Gasteiger charge is -2.08. The Morgan fingerprint density at radius 2 is 2.26 bits per heavy atom. The van der Waals surface area contributed by atoms with E-state index in [2.05, 4.69) is 26.9 Å². The van der Waals surface area contributed by atoms with Crippen LogP contribution in [0.15, 0.2) is 4.34 Å². The predicted octanol–water partition coefficient (Wildman–Crippen LogP) is 3.28. The van der Waals surface area contributed by atoms with Crippen LogP contribution < -0.4 is 10.6 Å². The van der Waals surface area contributed by atoms with Gasteiger partial charge in [0.25, 0.3) is 0 Å². The first-order valence-corrected chi connectivity index (χ1v) is 11.5. The summed E-state index contributed by atoms with van der Waals surface area (Å²) in [6, 6.07) is 2.25. The second kappa shape index (κ2) is 8.56. The molecular weight excluding hydrogens is 402 g/mol. The highest BCUT2D eigenvalue weighted by Crippen LogP contribution is 2.38. The lowest BCUT2D eigenvalue weighted by molar-refractivity contribution is -0.113. The maximum absolute atomic E-state index is 12.3. The first kappa shape index (κ1) is 18.7. The second-order valence-corrected chi connectivity index (χ2v) is 9.70. The molecule has 1 aliphatic carbocycles. The average molecular weight is 422 g/mol. The van der Waals surface area contributed by atoms with Crippen LogP contribution in [0, 0.1) is 11.3 Å². The van der Waals surface area contributed by atoms with Gasteiger partial charge in [-0.05, 0) is 37.7 Å². The summed E-state index contributed by atoms with van der Waals surface area (Å²) in [6.07, 6.45) is 5.47. The van der Waals surface area contributed by atoms with E-state index in [0.29, 0.717) is 10.6 Å². The molecule has 1 saturated heterocycles. The Balaban J connectivity index is 1.27. The van der Waals surface area contributed by atoms with Crippen molar-refractivity contribution in [1.82, 2.24) is 10.2 Å². The molecule has 4 rings (SSSR count). The number of rotatable bonds is 7. The van der Waals surface area contributed by atoms with Crippen molar-refractivity contribution in [3.8, 4) is 6.07 Å². The molecule has 0 unspecified atom stereocenters. The molecule has 10 heteroatoms. The highest BCUT2D eigenvalue weighted by atomic mass is 32.2. The number of amides is 1. The number of carbonyl (C=O) groups excluding carboxylic acids is 1. The van der Waals surface area contributed by atoms with Crippen LogP contribution in [0.5, 0.6) is 0 Å². The smallest absolute Gasteiger partial charge is 0.235 e. The number of fused-ring (bicyclic) bond motifs is 1. The van der Waals surface area contributed by atoms with E-state index in [1.54, 1.807) is 0 Å². The molecule has 2 aromatic rings. The summed E-state index contributed by atoms with van der Waals surface area (Å²) in [4.78, 5) is 13.5. The molecule has 142 valence electrons. The molecule has 2 N–H and O–H groups in total. The molecular formula is C17H19N5O2S3. The number of nitrogens with one attached hydrogen (secondary N) is 2. The van der Waals surface area contributed by atoms with Crippen molar-refractivity contribution < 1.29 is 9.53 Å². The number of carbonyl (C=O) groups is 1. The van der Waals surface area contributed by atoms with Crippen molar-refractivity contribution in [2.24, 2.45) is 0 Å². The Kier molecular flexibility index (Phi) is 5.92. The van der Waals surface area contributed by atoms with Crippen LogP contribution >= 0.6 is 34.4 Å². The Bertz CT molecular complexity index is 867. The molecule has 0 saturated carbocycles. The van der Waals surface area contributed by atoms with Gasteiger partial charge < -0.3 is 15.4 Å². The van der Waals surface area contributed by atoms with Gasteiger partial charge in [0.15, 0.2) is 4.34 Å². The van der Waals surface area contributed by atoms with Crippen LogP contribution in [0.4, 0.5) is 10.1 Å². The van der Waals surface area contributed by atoms with E-state index in [4.69, 9.17) is 4.74 Å². The van der Waals surface area contributed by atoms with E-state index in [1.165, 1.54) is 39.3 Å². The minimum absolute atomic E-state index is 0.125. The van der Waals surface area contributed by atoms with Crippen LogP contribution in [0.25, 0.3) is 0 Å². The molecule has 1 aliphatic heterocycles. The normalized spacial score (nSPS) is 18.3. The Morgan fingerprint density at radius 1 is 1.33 bits per heavy atom. The van der Waals surface area contributed by atoms with Gasteiger partial charge in [0.2, 0.25) is 11.0 Å². The first-order chi connectivity index (χ1) is 13.2. The van der Waals surface area contributed by atoms with E-state index in [9.17, 15) is 10.1 Å². The number of aromatic nitrogens is 2. The van der Waals surface area contributed by atoms with Crippen LogP contribution in [0.3, 0.4) is 0 Å². The summed E-state index contributed by atoms with van der Waals surface area (Å²) >= 11 is 4.33. The third kappa shape index (κ3) is 4.43. The Hall–Kier alpha value is -1.67. The number of nitriles is 1. The lowest BCUT2D eigenvalue weighted by atomic mass is 10.1. The fourth-order valence-corrected chi connectivity index (χ4v) is 6.06. The molecule has 0 bridgehead atoms. The number of hydrogen-bond acceptors (Lipinski definition) is 9. The largest absolute Gasteiger partial charge is 0.376 e. The topological polar surface area (TPSA) is 99.9 Å². The van der Waals surface area contributed by atoms with Crippen molar-refractivity contribution in [2.45, 2.75) is 42.5 Å². The number of aryl methyl sites for hydroxylation is 1. The Morgan fingerprint density at radius 3 is 3.07 bits per heavy atom. The van der Waals surface area contributed by atoms with Crippen LogP contribution in [0.2, 0.25) is 0 Å². The van der Waals surface area contributed by atoms with Gasteiger partial charge in [-0.15, -0.1) is 21.5 Å². The quantitative estimate of drug-likeness (QED) is 0.662. The highest BCUT2D eigenvalue weighted by Gasteiger charge is 2.23. The molecule has 27 heavy (non-hydrogen) atoms. The van der Waals surface area contributed by atoms with Gasteiger partial charge in [0.1, 0.15) is 11.1 Å². The maximum atomic E-state index is 12.3. The van der Waals surface area contributed by atoms with Crippen molar-refractivity contribution in [2.75, 3.05) is 29.5 Å². The third-order valence-corrected chi connectivity index (χ3v) is 7.75. The van der Waals surface area contributed by atoms with Gasteiger partial charge in [0.05, 0.1) is 17.4 Å². The number of thiophene rings is 1. The van der Waals surface area contributed by atoms with E-state index in [1.807, 2.05) is 0 Å². The number of anilines is 2. The molecule has 1 amide bonds. The third-order valence-electron chi connectivity index (χ3n) is 4.52. The van der Waals surface area contributed by atoms with Crippen LogP contribution in [0.1, 0.15) is 35.3 Å². The highest BCUT2D eigenvalue weighted by molar-refractivity contribution is 8.01. The summed E-state index contributed by atoms with van der Waals surface area (Å²) in [7, 11) is 0. The van der Waals surface area contributed by atoms with Crippen LogP contribution in [-0.2, 0) is 22.4 Å². The standard InChI is InChI=1S/C17H19N5O2S3/c18-7-12-11-4-1-5-13(11)26-15(12)20-14(23)9-25-17-22-21-16(27-17)19-8-10-3-2-6-24-10/h10H,1-6,8-9H2,(H,19,21)(H,20,23)/t10-/m0/s1. The number of nitrogens with zero attached hydrogens (tertiary/aromatic N) is 3. The van der Waals surface area contributed by atoms with Gasteiger partial charge in [-0.25, -0.2) is 0 Å². The van der Waals surface area contributed by atoms with E-state index >= 15 is 0 Å². The van der Waals surface area contributed by atoms with Crippen LogP contribution in [-0.4, -0.2) is 41.1 Å². The fraction of sp³-hybridized carbons (Fsp3) is 0.529. The SMILES string of the molecule is N#Cc1c(NC(=O)CSc2nnc(NC[C@@H]3CCCO3)s2)sc2c1CCC2. The Labute approximate surface area is 169 Å². The van der Waals surface area contributed by atoms with Gasteiger partial charge in [-0.1, -0.05) is 23.1 Å². The monoisotopic (exact) mass is 421 g/mol. The van der Waals surface area contributed by atoms with Gasteiger partial charge >= 0.3 is 0 Å². The number of hydrogen-bond donors (Lipinski definition) is 2. The fourth-order valence-electron chi connectivity index (χ4n) is 3.25. The zero-order chi connectivity index (χ0) is 18.6. The zero-order valence-corrected chi connectivity index (χ0v) is 17.1. The molecule has 2 aromatic heterocycles. The van der Waals surface area contributed by atoms with Crippen molar-refractivity contribution >= 4 is 50.5 Å². The van der Waals surface area contributed by atoms with E-state index < -0.39 is 0 Å². The summed E-state index contributed by atoms with van der Waals surface area (Å²) in [5, 5.41) is 25.2. The summed E-state index contributed by atoms with van der Waals surface area (Å²) in [6.45, 7) is 1.57. The zero-order valence-electron chi connectivity index (χ0n) is 14.6. The molecule has 3 heterocycles. The van der Waals surface area contributed by atoms with Gasteiger partial charge in [0, 0.05) is 18.0 Å². The van der Waals surface area contributed by atoms with Crippen molar-refractivity contribution in [1.29, 1.82) is 5.26 Å². The molecule has 7 nitrogen and oxygen atoms in total. The summed E-state index contributed by atoms with van der Waals surface area (Å²) in [5.74, 6) is 0.119. The average Bonchev–Trinajstić information content (AvgIpc) is 3.42. The summed E-state index contributed by atoms with van der Waals surface area (Å²) in [5.41, 5.74) is 1.76.